The minimum atomic E-state index is 0.0170. The largest absolute Gasteiger partial charge is 0.379 e. The Labute approximate surface area is 88.7 Å². The average molecular weight is 215 g/mol. The molecule has 0 aromatic rings. The van der Waals surface area contributed by atoms with Crippen molar-refractivity contribution in [3.63, 3.8) is 0 Å². The van der Waals surface area contributed by atoms with Crippen molar-refractivity contribution in [2.45, 2.75) is 19.8 Å². The maximum Gasteiger partial charge on any atom is 0.233 e. The summed E-state index contributed by atoms with van der Waals surface area (Å²) in [5.41, 5.74) is 5.17. The first kappa shape index (κ1) is 11.4. The molecule has 5 heteroatoms. The number of carbonyl (C=O) groups is 1. The second-order valence-electron chi connectivity index (χ2n) is 3.74. The molecule has 0 bridgehead atoms. The Bertz CT molecular complexity index is 232. The van der Waals surface area contributed by atoms with Crippen molar-refractivity contribution >= 4 is 22.8 Å². The molecular weight excluding hydrogens is 198 g/mol. The summed E-state index contributed by atoms with van der Waals surface area (Å²) in [5.74, 6) is 1.02. The van der Waals surface area contributed by atoms with Crippen LogP contribution in [0, 0.1) is 11.3 Å². The van der Waals surface area contributed by atoms with Crippen LogP contribution in [0.15, 0.2) is 0 Å². The number of hydrogen-bond donors (Lipinski definition) is 2. The third-order valence-electron chi connectivity index (χ3n) is 2.36. The number of nitrogens with zero attached hydrogens (tertiary/aromatic N) is 1. The minimum Gasteiger partial charge on any atom is -0.379 e. The average Bonchev–Trinajstić information content (AvgIpc) is 2.14. The maximum absolute atomic E-state index is 11.6. The van der Waals surface area contributed by atoms with Crippen molar-refractivity contribution in [1.82, 2.24) is 4.90 Å². The number of thioether (sulfide) groups is 1. The fraction of sp³-hybridized carbons (Fsp3) is 0.778. The predicted molar refractivity (Wildman–Crippen MR) is 59.4 cm³/mol. The van der Waals surface area contributed by atoms with Gasteiger partial charge < -0.3 is 10.6 Å². The van der Waals surface area contributed by atoms with E-state index in [0.717, 1.165) is 31.3 Å². The first-order chi connectivity index (χ1) is 6.59. The van der Waals surface area contributed by atoms with E-state index in [1.807, 2.05) is 4.90 Å². The molecule has 1 rings (SSSR count). The van der Waals surface area contributed by atoms with Gasteiger partial charge in [0.2, 0.25) is 5.91 Å². The van der Waals surface area contributed by atoms with Crippen LogP contribution in [0.4, 0.5) is 0 Å². The van der Waals surface area contributed by atoms with E-state index in [2.05, 4.69) is 6.92 Å². The number of nitrogens with one attached hydrogen (secondary N) is 1. The molecule has 4 nitrogen and oxygen atoms in total. The van der Waals surface area contributed by atoms with E-state index in [1.54, 1.807) is 0 Å². The number of rotatable bonds is 2. The van der Waals surface area contributed by atoms with E-state index in [-0.39, 0.29) is 11.1 Å². The van der Waals surface area contributed by atoms with Crippen LogP contribution in [0.5, 0.6) is 0 Å². The van der Waals surface area contributed by atoms with Gasteiger partial charge in [0.1, 0.15) is 0 Å². The molecule has 1 amide bonds. The molecule has 1 atom stereocenters. The first-order valence-electron chi connectivity index (χ1n) is 4.84. The monoisotopic (exact) mass is 215 g/mol. The van der Waals surface area contributed by atoms with Crippen LogP contribution in [-0.4, -0.2) is 34.8 Å². The summed E-state index contributed by atoms with van der Waals surface area (Å²) in [6.07, 6.45) is 2.31. The van der Waals surface area contributed by atoms with E-state index in [9.17, 15) is 4.79 Å². The number of amides is 1. The van der Waals surface area contributed by atoms with Gasteiger partial charge in [-0.05, 0) is 18.8 Å². The van der Waals surface area contributed by atoms with E-state index >= 15 is 0 Å². The number of hydrogen-bond acceptors (Lipinski definition) is 3. The van der Waals surface area contributed by atoms with Gasteiger partial charge in [0, 0.05) is 13.1 Å². The van der Waals surface area contributed by atoms with Crippen molar-refractivity contribution < 1.29 is 4.79 Å². The van der Waals surface area contributed by atoms with Crippen molar-refractivity contribution in [3.8, 4) is 0 Å². The molecule has 0 spiro atoms. The molecule has 1 aliphatic rings. The summed E-state index contributed by atoms with van der Waals surface area (Å²) >= 11 is 1.10. The second-order valence-corrected chi connectivity index (χ2v) is 4.76. The van der Waals surface area contributed by atoms with Crippen LogP contribution in [0.3, 0.4) is 0 Å². The van der Waals surface area contributed by atoms with Crippen LogP contribution < -0.4 is 5.73 Å². The Morgan fingerprint density at radius 1 is 1.71 bits per heavy atom. The van der Waals surface area contributed by atoms with Gasteiger partial charge in [-0.3, -0.25) is 10.2 Å². The quantitative estimate of drug-likeness (QED) is 0.530. The fourth-order valence-corrected chi connectivity index (χ4v) is 2.11. The van der Waals surface area contributed by atoms with Gasteiger partial charge >= 0.3 is 0 Å². The van der Waals surface area contributed by atoms with Gasteiger partial charge in [-0.1, -0.05) is 18.7 Å². The molecule has 1 heterocycles. The topological polar surface area (TPSA) is 70.2 Å². The highest BCUT2D eigenvalue weighted by molar-refractivity contribution is 8.14. The van der Waals surface area contributed by atoms with Crippen molar-refractivity contribution in [1.29, 1.82) is 5.41 Å². The van der Waals surface area contributed by atoms with Gasteiger partial charge in [-0.15, -0.1) is 0 Å². The van der Waals surface area contributed by atoms with Gasteiger partial charge in [0.15, 0.2) is 5.17 Å². The molecule has 1 saturated heterocycles. The van der Waals surface area contributed by atoms with E-state index in [4.69, 9.17) is 11.1 Å². The van der Waals surface area contributed by atoms with E-state index in [0.29, 0.717) is 11.7 Å². The zero-order valence-corrected chi connectivity index (χ0v) is 9.27. The molecule has 0 aliphatic carbocycles. The summed E-state index contributed by atoms with van der Waals surface area (Å²) in [6, 6.07) is 0. The number of carbonyl (C=O) groups excluding carboxylic acids is 1. The number of likely N-dealkylation sites (tertiary alicyclic amines) is 1. The molecule has 1 unspecified atom stereocenters. The van der Waals surface area contributed by atoms with Crippen molar-refractivity contribution in [2.75, 3.05) is 18.8 Å². The molecular formula is C9H17N3OS. The van der Waals surface area contributed by atoms with Crippen LogP contribution in [-0.2, 0) is 4.79 Å². The summed E-state index contributed by atoms with van der Waals surface area (Å²) in [6.45, 7) is 3.89. The van der Waals surface area contributed by atoms with Crippen LogP contribution in [0.2, 0.25) is 0 Å². The Balaban J connectivity index is 2.32. The highest BCUT2D eigenvalue weighted by atomic mass is 32.2. The molecule has 1 aliphatic heterocycles. The third kappa shape index (κ3) is 3.57. The zero-order chi connectivity index (χ0) is 10.6. The molecule has 1 fully saturated rings. The molecule has 0 aromatic carbocycles. The van der Waals surface area contributed by atoms with Gasteiger partial charge in [-0.2, -0.15) is 0 Å². The fourth-order valence-electron chi connectivity index (χ4n) is 1.65. The molecule has 0 saturated carbocycles. The van der Waals surface area contributed by atoms with Crippen molar-refractivity contribution in [2.24, 2.45) is 11.7 Å². The smallest absolute Gasteiger partial charge is 0.233 e. The lowest BCUT2D eigenvalue weighted by Gasteiger charge is -2.30. The molecule has 80 valence electrons. The molecule has 3 N–H and O–H groups in total. The lowest BCUT2D eigenvalue weighted by atomic mass is 10.0. The number of piperidine rings is 1. The van der Waals surface area contributed by atoms with E-state index in [1.165, 1.54) is 6.42 Å². The van der Waals surface area contributed by atoms with Gasteiger partial charge in [0.05, 0.1) is 5.75 Å². The third-order valence-corrected chi connectivity index (χ3v) is 3.06. The zero-order valence-electron chi connectivity index (χ0n) is 8.45. The van der Waals surface area contributed by atoms with E-state index < -0.39 is 0 Å². The van der Waals surface area contributed by atoms with Gasteiger partial charge in [-0.25, -0.2) is 0 Å². The number of nitrogens with two attached hydrogens (primary N) is 1. The minimum absolute atomic E-state index is 0.0170. The Morgan fingerprint density at radius 3 is 3.00 bits per heavy atom. The number of amidine groups is 1. The standard InChI is InChI=1S/C9H17N3OS/c1-7-3-2-4-12(5-7)8(13)6-14-9(10)11/h7H,2-6H2,1H3,(H3,10,11). The highest BCUT2D eigenvalue weighted by Crippen LogP contribution is 2.16. The van der Waals surface area contributed by atoms with Crippen molar-refractivity contribution in [3.05, 3.63) is 0 Å². The lowest BCUT2D eigenvalue weighted by molar-refractivity contribution is -0.129. The predicted octanol–water partition coefficient (Wildman–Crippen LogP) is 0.872. The molecule has 0 aromatic heterocycles. The summed E-state index contributed by atoms with van der Waals surface area (Å²) < 4.78 is 0. The van der Waals surface area contributed by atoms with Crippen LogP contribution >= 0.6 is 11.8 Å². The lowest BCUT2D eigenvalue weighted by Crippen LogP contribution is -2.40. The summed E-state index contributed by atoms with van der Waals surface area (Å²) in [4.78, 5) is 13.5. The van der Waals surface area contributed by atoms with Gasteiger partial charge in [0.25, 0.3) is 0 Å². The first-order valence-corrected chi connectivity index (χ1v) is 5.82. The Kier molecular flexibility index (Phi) is 4.25. The van der Waals surface area contributed by atoms with Crippen LogP contribution in [0.25, 0.3) is 0 Å². The normalized spacial score (nSPS) is 22.1. The molecule has 0 radical (unpaired) electrons. The molecule has 14 heavy (non-hydrogen) atoms. The van der Waals surface area contributed by atoms with Crippen LogP contribution in [0.1, 0.15) is 19.8 Å². The Hall–Kier alpha value is -0.710. The summed E-state index contributed by atoms with van der Waals surface area (Å²) in [7, 11) is 0. The SMILES string of the molecule is CC1CCCN(C(=O)CSC(=N)N)C1. The maximum atomic E-state index is 11.6. The Morgan fingerprint density at radius 2 is 2.43 bits per heavy atom. The highest BCUT2D eigenvalue weighted by Gasteiger charge is 2.20. The second kappa shape index (κ2) is 5.24. The summed E-state index contributed by atoms with van der Waals surface area (Å²) in [5, 5.41) is 7.03.